The van der Waals surface area contributed by atoms with Gasteiger partial charge in [0.05, 0.1) is 0 Å². The molecule has 0 aromatic heterocycles. The fourth-order valence-corrected chi connectivity index (χ4v) is 3.61. The molecule has 1 amide bonds. The quantitative estimate of drug-likeness (QED) is 0.731. The largest absolute Gasteiger partial charge is 0.481 e. The average molecular weight is 401 g/mol. The van der Waals surface area contributed by atoms with E-state index in [-0.39, 0.29) is 5.91 Å². The molecule has 4 nitrogen and oxygen atoms in total. The van der Waals surface area contributed by atoms with Crippen molar-refractivity contribution in [2.45, 2.75) is 52.3 Å². The zero-order valence-corrected chi connectivity index (χ0v) is 17.5. The van der Waals surface area contributed by atoms with Crippen molar-refractivity contribution in [1.29, 1.82) is 0 Å². The molecule has 5 heteroatoms. The van der Waals surface area contributed by atoms with Crippen molar-refractivity contribution in [3.05, 3.63) is 64.2 Å². The molecule has 1 atom stereocenters. The van der Waals surface area contributed by atoms with E-state index < -0.39 is 6.10 Å². The Labute approximate surface area is 172 Å². The smallest absolute Gasteiger partial charge is 0.261 e. The van der Waals surface area contributed by atoms with E-state index >= 15 is 0 Å². The van der Waals surface area contributed by atoms with E-state index in [0.29, 0.717) is 17.3 Å². The zero-order valence-electron chi connectivity index (χ0n) is 16.7. The van der Waals surface area contributed by atoms with Crippen LogP contribution in [0.25, 0.3) is 0 Å². The van der Waals surface area contributed by atoms with Gasteiger partial charge in [-0.1, -0.05) is 42.3 Å². The summed E-state index contributed by atoms with van der Waals surface area (Å²) in [6.45, 7) is 7.51. The van der Waals surface area contributed by atoms with E-state index in [1.807, 2.05) is 19.1 Å². The first-order valence-corrected chi connectivity index (χ1v) is 10.4. The summed E-state index contributed by atoms with van der Waals surface area (Å²) in [5.74, 6) is 0.516. The second kappa shape index (κ2) is 9.94. The number of hydrogen-bond donors (Lipinski definition) is 1. The Morgan fingerprint density at radius 3 is 2.64 bits per heavy atom. The van der Waals surface area contributed by atoms with Gasteiger partial charge in [-0.15, -0.1) is 0 Å². The summed E-state index contributed by atoms with van der Waals surface area (Å²) in [5, 5.41) is 3.66. The third-order valence-electron chi connectivity index (χ3n) is 5.12. The third-order valence-corrected chi connectivity index (χ3v) is 5.55. The summed E-state index contributed by atoms with van der Waals surface area (Å²) in [6, 6.07) is 13.9. The number of amides is 1. The summed E-state index contributed by atoms with van der Waals surface area (Å²) in [4.78, 5) is 14.9. The highest BCUT2D eigenvalue weighted by Crippen LogP contribution is 2.22. The Morgan fingerprint density at radius 1 is 1.14 bits per heavy atom. The Morgan fingerprint density at radius 2 is 1.89 bits per heavy atom. The molecule has 1 saturated heterocycles. The van der Waals surface area contributed by atoms with E-state index in [1.54, 1.807) is 19.1 Å². The normalized spacial score (nSPS) is 15.8. The summed E-state index contributed by atoms with van der Waals surface area (Å²) in [6.07, 6.45) is 3.36. The van der Waals surface area contributed by atoms with Gasteiger partial charge in [-0.3, -0.25) is 9.69 Å². The van der Waals surface area contributed by atoms with E-state index in [1.165, 1.54) is 37.9 Å². The third kappa shape index (κ3) is 5.98. The van der Waals surface area contributed by atoms with Crippen molar-refractivity contribution >= 4 is 17.5 Å². The molecule has 1 fully saturated rings. The zero-order chi connectivity index (χ0) is 19.9. The minimum Gasteiger partial charge on any atom is -0.481 e. The van der Waals surface area contributed by atoms with Gasteiger partial charge in [0.15, 0.2) is 6.10 Å². The summed E-state index contributed by atoms with van der Waals surface area (Å²) < 4.78 is 5.75. The van der Waals surface area contributed by atoms with Gasteiger partial charge in [-0.2, -0.15) is 0 Å². The lowest BCUT2D eigenvalue weighted by Gasteiger charge is -2.26. The first kappa shape index (κ1) is 20.7. The van der Waals surface area contributed by atoms with Crippen LogP contribution in [0.2, 0.25) is 5.02 Å². The van der Waals surface area contributed by atoms with Crippen LogP contribution in [0.5, 0.6) is 5.75 Å². The minimum atomic E-state index is -0.572. The fourth-order valence-electron chi connectivity index (χ4n) is 3.49. The molecule has 3 rings (SSSR count). The van der Waals surface area contributed by atoms with Crippen molar-refractivity contribution < 1.29 is 9.53 Å². The number of aryl methyl sites for hydroxylation is 1. The lowest BCUT2D eigenvalue weighted by Crippen LogP contribution is -2.36. The second-order valence-electron chi connectivity index (χ2n) is 7.55. The number of halogens is 1. The molecule has 1 unspecified atom stereocenters. The van der Waals surface area contributed by atoms with E-state index in [0.717, 1.165) is 17.7 Å². The summed E-state index contributed by atoms with van der Waals surface area (Å²) >= 11 is 6.03. The molecular formula is C23H29ClN2O2. The molecule has 1 N–H and O–H groups in total. The fraction of sp³-hybridized carbons (Fsp3) is 0.435. The van der Waals surface area contributed by atoms with Crippen LogP contribution in [0, 0.1) is 6.92 Å². The Kier molecular flexibility index (Phi) is 7.35. The van der Waals surface area contributed by atoms with Gasteiger partial charge < -0.3 is 10.1 Å². The number of piperidine rings is 1. The number of hydrogen-bond acceptors (Lipinski definition) is 3. The Bertz CT molecular complexity index is 803. The van der Waals surface area contributed by atoms with Gasteiger partial charge in [-0.05, 0) is 74.7 Å². The molecule has 0 spiro atoms. The summed E-state index contributed by atoms with van der Waals surface area (Å²) in [5.41, 5.74) is 3.34. The van der Waals surface area contributed by atoms with Crippen LogP contribution in [-0.4, -0.2) is 30.0 Å². The maximum Gasteiger partial charge on any atom is 0.261 e. The molecule has 1 aliphatic heterocycles. The van der Waals surface area contributed by atoms with Gasteiger partial charge in [-0.25, -0.2) is 0 Å². The molecule has 0 radical (unpaired) electrons. The average Bonchev–Trinajstić information content (AvgIpc) is 2.70. The van der Waals surface area contributed by atoms with Crippen molar-refractivity contribution in [3.8, 4) is 5.75 Å². The van der Waals surface area contributed by atoms with Gasteiger partial charge in [0.25, 0.3) is 5.91 Å². The molecule has 2 aromatic carbocycles. The molecule has 1 heterocycles. The SMILES string of the molecule is Cc1cc(OC(C)C(=O)NCc2cccc(CN3CCCCC3)c2)ccc1Cl. The van der Waals surface area contributed by atoms with Crippen LogP contribution in [0.15, 0.2) is 42.5 Å². The van der Waals surface area contributed by atoms with Crippen molar-refractivity contribution in [1.82, 2.24) is 10.2 Å². The standard InChI is InChI=1S/C23H29ClN2O2/c1-17-13-21(9-10-22(17)24)28-18(2)23(27)25-15-19-7-6-8-20(14-19)16-26-11-4-3-5-12-26/h6-10,13-14,18H,3-5,11-12,15-16H2,1-2H3,(H,25,27). The maximum atomic E-state index is 12.4. The highest BCUT2D eigenvalue weighted by atomic mass is 35.5. The number of carbonyl (C=O) groups excluding carboxylic acids is 1. The number of likely N-dealkylation sites (tertiary alicyclic amines) is 1. The van der Waals surface area contributed by atoms with Crippen LogP contribution >= 0.6 is 11.6 Å². The molecule has 0 saturated carbocycles. The molecule has 28 heavy (non-hydrogen) atoms. The predicted molar refractivity (Wildman–Crippen MR) is 114 cm³/mol. The van der Waals surface area contributed by atoms with Crippen LogP contribution < -0.4 is 10.1 Å². The van der Waals surface area contributed by atoms with E-state index in [2.05, 4.69) is 28.4 Å². The van der Waals surface area contributed by atoms with Crippen molar-refractivity contribution in [2.24, 2.45) is 0 Å². The number of rotatable bonds is 7. The monoisotopic (exact) mass is 400 g/mol. The highest BCUT2D eigenvalue weighted by Gasteiger charge is 2.15. The molecular weight excluding hydrogens is 372 g/mol. The molecule has 1 aliphatic rings. The Balaban J connectivity index is 1.50. The lowest BCUT2D eigenvalue weighted by atomic mass is 10.1. The number of benzene rings is 2. The van der Waals surface area contributed by atoms with E-state index in [9.17, 15) is 4.79 Å². The second-order valence-corrected chi connectivity index (χ2v) is 7.95. The van der Waals surface area contributed by atoms with Gasteiger partial charge in [0.2, 0.25) is 0 Å². The lowest BCUT2D eigenvalue weighted by molar-refractivity contribution is -0.127. The number of carbonyl (C=O) groups is 1. The molecule has 0 bridgehead atoms. The van der Waals surface area contributed by atoms with Crippen molar-refractivity contribution in [3.63, 3.8) is 0 Å². The van der Waals surface area contributed by atoms with Crippen molar-refractivity contribution in [2.75, 3.05) is 13.1 Å². The van der Waals surface area contributed by atoms with Crippen LogP contribution in [0.1, 0.15) is 42.9 Å². The number of nitrogens with one attached hydrogen (secondary N) is 1. The van der Waals surface area contributed by atoms with Gasteiger partial charge >= 0.3 is 0 Å². The molecule has 0 aliphatic carbocycles. The molecule has 2 aromatic rings. The van der Waals surface area contributed by atoms with Crippen LogP contribution in [0.4, 0.5) is 0 Å². The van der Waals surface area contributed by atoms with Gasteiger partial charge in [0.1, 0.15) is 5.75 Å². The highest BCUT2D eigenvalue weighted by molar-refractivity contribution is 6.31. The van der Waals surface area contributed by atoms with Crippen LogP contribution in [0.3, 0.4) is 0 Å². The van der Waals surface area contributed by atoms with Gasteiger partial charge in [0, 0.05) is 18.1 Å². The summed E-state index contributed by atoms with van der Waals surface area (Å²) in [7, 11) is 0. The van der Waals surface area contributed by atoms with E-state index in [4.69, 9.17) is 16.3 Å². The first-order valence-electron chi connectivity index (χ1n) is 10.0. The Hall–Kier alpha value is -2.04. The first-order chi connectivity index (χ1) is 13.5. The topological polar surface area (TPSA) is 41.6 Å². The predicted octanol–water partition coefficient (Wildman–Crippen LogP) is 4.72. The molecule has 150 valence electrons. The minimum absolute atomic E-state index is 0.131. The maximum absolute atomic E-state index is 12.4. The number of ether oxygens (including phenoxy) is 1. The van der Waals surface area contributed by atoms with Crippen LogP contribution in [-0.2, 0) is 17.9 Å². The number of nitrogens with zero attached hydrogens (tertiary/aromatic N) is 1.